The molecule has 1 heterocycles. The van der Waals surface area contributed by atoms with Crippen LogP contribution >= 0.6 is 58.5 Å². The van der Waals surface area contributed by atoms with Gasteiger partial charge in [-0.15, -0.1) is 23.7 Å². The van der Waals surface area contributed by atoms with Crippen molar-refractivity contribution in [2.75, 3.05) is 13.1 Å². The molecule has 1 amide bonds. The largest absolute Gasteiger partial charge is 0.351 e. The van der Waals surface area contributed by atoms with Crippen LogP contribution in [0.4, 0.5) is 0 Å². The lowest BCUT2D eigenvalue weighted by atomic mass is 10.2. The lowest BCUT2D eigenvalue weighted by Gasteiger charge is -2.02. The number of carbonyl (C=O) groups excluding carboxylic acids is 1. The van der Waals surface area contributed by atoms with Gasteiger partial charge < -0.3 is 11.1 Å². The maximum Gasteiger partial charge on any atom is 0.262 e. The van der Waals surface area contributed by atoms with Gasteiger partial charge in [0.2, 0.25) is 0 Å². The average molecular weight is 374 g/mol. The fourth-order valence-corrected chi connectivity index (χ4v) is 3.94. The molecule has 0 saturated carbocycles. The second-order valence-electron chi connectivity index (χ2n) is 3.90. The highest BCUT2D eigenvalue weighted by atomic mass is 35.5. The molecule has 0 atom stereocenters. The Morgan fingerprint density at radius 2 is 2.00 bits per heavy atom. The zero-order chi connectivity index (χ0) is 14.0. The molecule has 0 spiro atoms. The van der Waals surface area contributed by atoms with Gasteiger partial charge in [-0.05, 0) is 25.1 Å². The number of benzene rings is 1. The van der Waals surface area contributed by atoms with E-state index in [-0.39, 0.29) is 18.3 Å². The lowest BCUT2D eigenvalue weighted by molar-refractivity contribution is 0.0958. The minimum atomic E-state index is -0.216. The molecule has 0 bridgehead atoms. The van der Waals surface area contributed by atoms with Gasteiger partial charge in [0, 0.05) is 21.7 Å². The summed E-state index contributed by atoms with van der Waals surface area (Å²) in [6, 6.07) is 3.36. The Kier molecular flexibility index (Phi) is 6.85. The maximum absolute atomic E-state index is 12.0. The van der Waals surface area contributed by atoms with Gasteiger partial charge in [-0.2, -0.15) is 0 Å². The Balaban J connectivity index is 0.00000200. The first kappa shape index (κ1) is 17.8. The van der Waals surface area contributed by atoms with Gasteiger partial charge >= 0.3 is 0 Å². The molecule has 1 aromatic carbocycles. The molecule has 0 fully saturated rings. The molecule has 3 nitrogen and oxygen atoms in total. The van der Waals surface area contributed by atoms with Crippen LogP contribution in [-0.4, -0.2) is 19.0 Å². The highest BCUT2D eigenvalue weighted by Gasteiger charge is 2.19. The van der Waals surface area contributed by atoms with Crippen LogP contribution < -0.4 is 11.1 Å². The SMILES string of the molecule is Cl.NCCCNC(=O)c1sc2cc(Cl)cc(Cl)c2c1Cl. The normalized spacial score (nSPS) is 10.4. The molecule has 0 unspecified atom stereocenters. The van der Waals surface area contributed by atoms with E-state index in [1.807, 2.05) is 0 Å². The highest BCUT2D eigenvalue weighted by Crippen LogP contribution is 2.41. The molecule has 1 aromatic heterocycles. The number of amides is 1. The van der Waals surface area contributed by atoms with Crippen molar-refractivity contribution in [3.05, 3.63) is 32.1 Å². The Labute approximate surface area is 141 Å². The van der Waals surface area contributed by atoms with Crippen molar-refractivity contribution < 1.29 is 4.79 Å². The van der Waals surface area contributed by atoms with Crippen LogP contribution in [-0.2, 0) is 0 Å². The molecule has 0 radical (unpaired) electrons. The fraction of sp³-hybridized carbons (Fsp3) is 0.250. The number of nitrogens with one attached hydrogen (secondary N) is 1. The number of carbonyl (C=O) groups is 1. The monoisotopic (exact) mass is 372 g/mol. The molecule has 0 aliphatic heterocycles. The van der Waals surface area contributed by atoms with Crippen molar-refractivity contribution in [3.8, 4) is 0 Å². The number of rotatable bonds is 4. The number of hydrogen-bond donors (Lipinski definition) is 2. The summed E-state index contributed by atoms with van der Waals surface area (Å²) in [6.07, 6.45) is 0.723. The van der Waals surface area contributed by atoms with Crippen molar-refractivity contribution in [1.29, 1.82) is 0 Å². The van der Waals surface area contributed by atoms with E-state index in [9.17, 15) is 4.79 Å². The van der Waals surface area contributed by atoms with Crippen LogP contribution in [0.15, 0.2) is 12.1 Å². The third-order valence-electron chi connectivity index (χ3n) is 2.52. The van der Waals surface area contributed by atoms with E-state index in [1.165, 1.54) is 11.3 Å². The van der Waals surface area contributed by atoms with Gasteiger partial charge in [0.15, 0.2) is 0 Å². The van der Waals surface area contributed by atoms with Crippen molar-refractivity contribution in [2.45, 2.75) is 6.42 Å². The zero-order valence-electron chi connectivity index (χ0n) is 10.2. The third kappa shape index (κ3) is 3.70. The van der Waals surface area contributed by atoms with E-state index in [1.54, 1.807) is 12.1 Å². The second-order valence-corrected chi connectivity index (χ2v) is 6.18. The Morgan fingerprint density at radius 3 is 2.65 bits per heavy atom. The molecule has 0 aliphatic rings. The van der Waals surface area contributed by atoms with Crippen LogP contribution in [0.3, 0.4) is 0 Å². The van der Waals surface area contributed by atoms with Crippen molar-refractivity contribution in [1.82, 2.24) is 5.32 Å². The quantitative estimate of drug-likeness (QED) is 0.782. The summed E-state index contributed by atoms with van der Waals surface area (Å²) in [5.74, 6) is -0.216. The summed E-state index contributed by atoms with van der Waals surface area (Å²) < 4.78 is 0.798. The fourth-order valence-electron chi connectivity index (χ4n) is 1.64. The third-order valence-corrected chi connectivity index (χ3v) is 4.66. The molecule has 0 aliphatic carbocycles. The summed E-state index contributed by atoms with van der Waals surface area (Å²) in [5.41, 5.74) is 5.37. The predicted octanol–water partition coefficient (Wildman–Crippen LogP) is 4.36. The van der Waals surface area contributed by atoms with Gasteiger partial charge in [-0.25, -0.2) is 0 Å². The summed E-state index contributed by atoms with van der Waals surface area (Å²) in [5, 5.41) is 4.77. The molecule has 8 heteroatoms. The van der Waals surface area contributed by atoms with Crippen molar-refractivity contribution >= 4 is 74.5 Å². The molecular weight excluding hydrogens is 362 g/mol. The van der Waals surface area contributed by atoms with Gasteiger partial charge in [-0.3, -0.25) is 4.79 Å². The minimum absolute atomic E-state index is 0. The number of nitrogens with two attached hydrogens (primary N) is 1. The highest BCUT2D eigenvalue weighted by molar-refractivity contribution is 7.21. The number of hydrogen-bond acceptors (Lipinski definition) is 3. The standard InChI is InChI=1S/C12H11Cl3N2OS.ClH/c13-6-4-7(14)9-8(5-6)19-11(10(9)15)12(18)17-3-1-2-16;/h4-5H,1-3,16H2,(H,17,18);1H. The van der Waals surface area contributed by atoms with E-state index in [0.717, 1.165) is 11.1 Å². The van der Waals surface area contributed by atoms with Gasteiger partial charge in [0.05, 0.1) is 10.0 Å². The van der Waals surface area contributed by atoms with E-state index in [2.05, 4.69) is 5.32 Å². The van der Waals surface area contributed by atoms with Gasteiger partial charge in [0.25, 0.3) is 5.91 Å². The summed E-state index contributed by atoms with van der Waals surface area (Å²) in [6.45, 7) is 1.05. The molecule has 2 aromatic rings. The predicted molar refractivity (Wildman–Crippen MR) is 90.1 cm³/mol. The smallest absolute Gasteiger partial charge is 0.262 e. The van der Waals surface area contributed by atoms with Crippen molar-refractivity contribution in [3.63, 3.8) is 0 Å². The zero-order valence-corrected chi connectivity index (χ0v) is 14.1. The second kappa shape index (κ2) is 7.69. The Bertz CT molecular complexity index is 629. The summed E-state index contributed by atoms with van der Waals surface area (Å²) in [7, 11) is 0. The van der Waals surface area contributed by atoms with E-state index >= 15 is 0 Å². The van der Waals surface area contributed by atoms with E-state index < -0.39 is 0 Å². The van der Waals surface area contributed by atoms with Crippen LogP contribution in [0, 0.1) is 0 Å². The molecular formula is C12H12Cl4N2OS. The van der Waals surface area contributed by atoms with Crippen molar-refractivity contribution in [2.24, 2.45) is 5.73 Å². The molecule has 0 saturated heterocycles. The molecule has 3 N–H and O–H groups in total. The van der Waals surface area contributed by atoms with E-state index in [4.69, 9.17) is 40.5 Å². The van der Waals surface area contributed by atoms with Gasteiger partial charge in [-0.1, -0.05) is 34.8 Å². The first-order valence-electron chi connectivity index (χ1n) is 5.60. The van der Waals surface area contributed by atoms with Crippen LogP contribution in [0.1, 0.15) is 16.1 Å². The Morgan fingerprint density at radius 1 is 1.30 bits per heavy atom. The average Bonchev–Trinajstić information content (AvgIpc) is 2.66. The Hall–Kier alpha value is -0.230. The maximum atomic E-state index is 12.0. The van der Waals surface area contributed by atoms with Crippen LogP contribution in [0.25, 0.3) is 10.1 Å². The van der Waals surface area contributed by atoms with Crippen LogP contribution in [0.5, 0.6) is 0 Å². The van der Waals surface area contributed by atoms with Gasteiger partial charge in [0.1, 0.15) is 4.88 Å². The molecule has 110 valence electrons. The minimum Gasteiger partial charge on any atom is -0.351 e. The van der Waals surface area contributed by atoms with Crippen LogP contribution in [0.2, 0.25) is 15.1 Å². The molecule has 20 heavy (non-hydrogen) atoms. The first-order chi connectivity index (χ1) is 9.04. The first-order valence-corrected chi connectivity index (χ1v) is 7.55. The number of thiophene rings is 1. The van der Waals surface area contributed by atoms with E-state index in [0.29, 0.717) is 38.4 Å². The number of fused-ring (bicyclic) bond motifs is 1. The summed E-state index contributed by atoms with van der Waals surface area (Å²) in [4.78, 5) is 12.4. The topological polar surface area (TPSA) is 55.1 Å². The summed E-state index contributed by atoms with van der Waals surface area (Å²) >= 11 is 19.5. The number of halogens is 4. The lowest BCUT2D eigenvalue weighted by Crippen LogP contribution is -2.25. The molecule has 2 rings (SSSR count).